The Morgan fingerprint density at radius 2 is 2.14 bits per heavy atom. The van der Waals surface area contributed by atoms with Crippen molar-refractivity contribution < 1.29 is 28.0 Å². The Morgan fingerprint density at radius 1 is 1.45 bits per heavy atom. The van der Waals surface area contributed by atoms with E-state index in [1.54, 1.807) is 0 Å². The Labute approximate surface area is 122 Å². The third-order valence-electron chi connectivity index (χ3n) is 3.47. The Kier molecular flexibility index (Phi) is 4.20. The van der Waals surface area contributed by atoms with Crippen LogP contribution in [0.5, 0.6) is 0 Å². The monoisotopic (exact) mass is 319 g/mol. The molecule has 0 aromatic carbocycles. The minimum Gasteiger partial charge on any atom is -0.477 e. The smallest absolute Gasteiger partial charge is 0.408 e. The lowest BCUT2D eigenvalue weighted by atomic mass is 10.0. The maximum Gasteiger partial charge on any atom is 0.408 e. The summed E-state index contributed by atoms with van der Waals surface area (Å²) in [4.78, 5) is 25.5. The third-order valence-corrected chi connectivity index (χ3v) is 3.47. The number of carboxylic acid groups (broad SMARTS) is 1. The number of carboxylic acids is 1. The number of hydrogen-bond donors (Lipinski definition) is 1. The molecule has 1 aromatic rings. The Bertz CT molecular complexity index is 606. The molecule has 1 aliphatic rings. The molecule has 2 heterocycles. The van der Waals surface area contributed by atoms with E-state index in [0.29, 0.717) is 19.0 Å². The summed E-state index contributed by atoms with van der Waals surface area (Å²) in [5.74, 6) is -1.80. The van der Waals surface area contributed by atoms with Gasteiger partial charge >= 0.3 is 17.8 Å². The second kappa shape index (κ2) is 5.78. The van der Waals surface area contributed by atoms with Crippen molar-refractivity contribution in [3.8, 4) is 0 Å². The van der Waals surface area contributed by atoms with E-state index in [1.165, 1.54) is 0 Å². The van der Waals surface area contributed by atoms with E-state index in [2.05, 4.69) is 4.98 Å². The van der Waals surface area contributed by atoms with Gasteiger partial charge in [0.15, 0.2) is 0 Å². The van der Waals surface area contributed by atoms with Gasteiger partial charge in [0, 0.05) is 12.6 Å². The summed E-state index contributed by atoms with van der Waals surface area (Å²) in [7, 11) is 0. The number of halogens is 3. The molecule has 10 heteroatoms. The molecule has 1 N–H and O–H groups in total. The van der Waals surface area contributed by atoms with Crippen molar-refractivity contribution in [2.45, 2.75) is 31.5 Å². The van der Waals surface area contributed by atoms with Crippen LogP contribution >= 0.6 is 0 Å². The second-order valence-electron chi connectivity index (χ2n) is 4.87. The number of hydrogen-bond acceptors (Lipinski definition) is 5. The summed E-state index contributed by atoms with van der Waals surface area (Å²) in [5, 5.41) is 19.7. The average Bonchev–Trinajstić information content (AvgIpc) is 2.45. The van der Waals surface area contributed by atoms with Gasteiger partial charge < -0.3 is 10.0 Å². The van der Waals surface area contributed by atoms with Crippen LogP contribution in [0.15, 0.2) is 12.3 Å². The summed E-state index contributed by atoms with van der Waals surface area (Å²) in [5.41, 5.74) is -1.43. The summed E-state index contributed by atoms with van der Waals surface area (Å²) in [6, 6.07) is -0.943. The summed E-state index contributed by atoms with van der Waals surface area (Å²) in [6.07, 6.45) is -3.01. The minimum absolute atomic E-state index is 0.0635. The number of rotatable bonds is 3. The summed E-state index contributed by atoms with van der Waals surface area (Å²) in [6.45, 7) is 0.0635. The van der Waals surface area contributed by atoms with Gasteiger partial charge in [-0.15, -0.1) is 0 Å². The lowest BCUT2D eigenvalue weighted by Crippen LogP contribution is -2.49. The molecule has 1 aliphatic heterocycles. The first kappa shape index (κ1) is 16.0. The predicted molar refractivity (Wildman–Crippen MR) is 68.9 cm³/mol. The van der Waals surface area contributed by atoms with Crippen LogP contribution in [-0.4, -0.2) is 39.7 Å². The molecule has 22 heavy (non-hydrogen) atoms. The lowest BCUT2D eigenvalue weighted by molar-refractivity contribution is -0.385. The fraction of sp³-hybridized carbons (Fsp3) is 0.500. The first-order valence-corrected chi connectivity index (χ1v) is 6.43. The van der Waals surface area contributed by atoms with Crippen molar-refractivity contribution in [1.29, 1.82) is 0 Å². The van der Waals surface area contributed by atoms with E-state index in [-0.39, 0.29) is 18.8 Å². The molecule has 1 aromatic heterocycles. The number of nitro groups is 1. The van der Waals surface area contributed by atoms with Crippen molar-refractivity contribution in [2.75, 3.05) is 11.4 Å². The molecule has 1 fully saturated rings. The van der Waals surface area contributed by atoms with Gasteiger partial charge in [0.2, 0.25) is 0 Å². The van der Waals surface area contributed by atoms with Crippen molar-refractivity contribution in [3.63, 3.8) is 0 Å². The summed E-state index contributed by atoms with van der Waals surface area (Å²) >= 11 is 0. The number of pyridine rings is 1. The standard InChI is InChI=1S/C12H12F3N3O4/c13-12(14,15)9-3-1-2-4-17(9)10-5-7(11(19)20)8(6-16-10)18(21)22/h5-6,9H,1-4H2,(H,19,20). The number of carbonyl (C=O) groups is 1. The second-order valence-corrected chi connectivity index (χ2v) is 4.87. The molecule has 0 saturated carbocycles. The lowest BCUT2D eigenvalue weighted by Gasteiger charge is -2.37. The molecule has 0 bridgehead atoms. The van der Waals surface area contributed by atoms with Crippen LogP contribution in [0.1, 0.15) is 29.6 Å². The molecule has 1 unspecified atom stereocenters. The molecule has 1 saturated heterocycles. The Balaban J connectivity index is 2.45. The van der Waals surface area contributed by atoms with Crippen LogP contribution in [0.3, 0.4) is 0 Å². The SMILES string of the molecule is O=C(O)c1cc(N2CCCCC2C(F)(F)F)ncc1[N+](=O)[O-]. The molecular formula is C12H12F3N3O4. The van der Waals surface area contributed by atoms with Crippen LogP contribution in [0, 0.1) is 10.1 Å². The normalized spacial score (nSPS) is 19.0. The van der Waals surface area contributed by atoms with Gasteiger partial charge in [-0.3, -0.25) is 10.1 Å². The molecule has 1 atom stereocenters. The maximum atomic E-state index is 13.0. The first-order valence-electron chi connectivity index (χ1n) is 6.43. The molecule has 0 radical (unpaired) electrons. The van der Waals surface area contributed by atoms with Crippen LogP contribution in [-0.2, 0) is 0 Å². The molecule has 0 amide bonds. The van der Waals surface area contributed by atoms with Crippen LogP contribution < -0.4 is 4.90 Å². The van der Waals surface area contributed by atoms with Crippen molar-refractivity contribution in [3.05, 3.63) is 27.9 Å². The molecular weight excluding hydrogens is 307 g/mol. The van der Waals surface area contributed by atoms with E-state index in [9.17, 15) is 28.1 Å². The molecule has 7 nitrogen and oxygen atoms in total. The van der Waals surface area contributed by atoms with E-state index >= 15 is 0 Å². The highest BCUT2D eigenvalue weighted by Gasteiger charge is 2.45. The van der Waals surface area contributed by atoms with Crippen LogP contribution in [0.4, 0.5) is 24.7 Å². The third kappa shape index (κ3) is 3.10. The number of nitrogens with zero attached hydrogens (tertiary/aromatic N) is 3. The first-order chi connectivity index (χ1) is 10.2. The van der Waals surface area contributed by atoms with E-state index < -0.39 is 34.4 Å². The van der Waals surface area contributed by atoms with Crippen molar-refractivity contribution >= 4 is 17.5 Å². The quantitative estimate of drug-likeness (QED) is 0.679. The topological polar surface area (TPSA) is 96.6 Å². The Morgan fingerprint density at radius 3 is 2.68 bits per heavy atom. The van der Waals surface area contributed by atoms with Gasteiger partial charge in [0.25, 0.3) is 0 Å². The van der Waals surface area contributed by atoms with Crippen LogP contribution in [0.25, 0.3) is 0 Å². The minimum atomic E-state index is -4.48. The fourth-order valence-corrected chi connectivity index (χ4v) is 2.46. The number of piperidine rings is 1. The highest BCUT2D eigenvalue weighted by Crippen LogP contribution is 2.35. The summed E-state index contributed by atoms with van der Waals surface area (Å²) < 4.78 is 39.1. The van der Waals surface area contributed by atoms with Crippen molar-refractivity contribution in [1.82, 2.24) is 4.98 Å². The molecule has 0 spiro atoms. The molecule has 0 aliphatic carbocycles. The highest BCUT2D eigenvalue weighted by atomic mass is 19.4. The average molecular weight is 319 g/mol. The zero-order valence-electron chi connectivity index (χ0n) is 11.2. The van der Waals surface area contributed by atoms with E-state index in [0.717, 1.165) is 11.0 Å². The van der Waals surface area contributed by atoms with Gasteiger partial charge in [0.1, 0.15) is 23.6 Å². The Hall–Kier alpha value is -2.39. The van der Waals surface area contributed by atoms with Gasteiger partial charge in [-0.25, -0.2) is 9.78 Å². The van der Waals surface area contributed by atoms with E-state index in [1.807, 2.05) is 0 Å². The zero-order chi connectivity index (χ0) is 16.5. The van der Waals surface area contributed by atoms with Crippen molar-refractivity contribution in [2.24, 2.45) is 0 Å². The molecule has 120 valence electrons. The highest BCUT2D eigenvalue weighted by molar-refractivity contribution is 5.93. The predicted octanol–water partition coefficient (Wildman–Crippen LogP) is 2.61. The van der Waals surface area contributed by atoms with Gasteiger partial charge in [-0.1, -0.05) is 0 Å². The fourth-order valence-electron chi connectivity index (χ4n) is 2.46. The number of alkyl halides is 3. The molecule has 2 rings (SSSR count). The van der Waals surface area contributed by atoms with Gasteiger partial charge in [-0.2, -0.15) is 13.2 Å². The van der Waals surface area contributed by atoms with E-state index in [4.69, 9.17) is 5.11 Å². The zero-order valence-corrected chi connectivity index (χ0v) is 11.2. The number of anilines is 1. The van der Waals surface area contributed by atoms with Gasteiger partial charge in [-0.05, 0) is 19.3 Å². The number of aromatic nitrogens is 1. The number of aromatic carboxylic acids is 1. The largest absolute Gasteiger partial charge is 0.477 e. The van der Waals surface area contributed by atoms with Crippen LogP contribution in [0.2, 0.25) is 0 Å². The van der Waals surface area contributed by atoms with Gasteiger partial charge in [0.05, 0.1) is 4.92 Å². The maximum absolute atomic E-state index is 13.0.